The number of nitrogens with zero attached hydrogens (tertiary/aromatic N) is 2. The normalized spacial score (nSPS) is 11.0. The maximum absolute atomic E-state index is 12.7. The first-order valence-corrected chi connectivity index (χ1v) is 9.73. The van der Waals surface area contributed by atoms with Crippen LogP contribution in [-0.4, -0.2) is 4.98 Å². The van der Waals surface area contributed by atoms with Crippen LogP contribution in [0.15, 0.2) is 79.1 Å². The van der Waals surface area contributed by atoms with Crippen molar-refractivity contribution < 1.29 is 8.83 Å². The summed E-state index contributed by atoms with van der Waals surface area (Å²) in [4.78, 5) is 29.2. The lowest BCUT2D eigenvalue weighted by atomic mass is 9.96. The lowest BCUT2D eigenvalue weighted by molar-refractivity contribution is 0.561. The molecule has 0 aliphatic carbocycles. The van der Waals surface area contributed by atoms with Crippen molar-refractivity contribution in [1.29, 1.82) is 5.26 Å². The number of nitrogen functional groups attached to an aromatic ring is 1. The fraction of sp³-hybridized carbons (Fsp3) is 0.0400. The zero-order chi connectivity index (χ0) is 22.4. The second kappa shape index (κ2) is 7.22. The molecule has 5 aromatic rings. The molecule has 0 amide bonds. The molecule has 5 rings (SSSR count). The number of hydrogen-bond acceptors (Lipinski definition) is 7. The van der Waals surface area contributed by atoms with E-state index in [-0.39, 0.29) is 22.6 Å². The highest BCUT2D eigenvalue weighted by molar-refractivity contribution is 5.96. The molecule has 0 unspecified atom stereocenters. The predicted octanol–water partition coefficient (Wildman–Crippen LogP) is 4.39. The molecule has 3 aromatic heterocycles. The smallest absolute Gasteiger partial charge is 0.345 e. The van der Waals surface area contributed by atoms with Crippen LogP contribution in [-0.2, 0) is 0 Å². The van der Waals surface area contributed by atoms with Crippen molar-refractivity contribution in [3.63, 3.8) is 0 Å². The molecule has 0 atom stereocenters. The van der Waals surface area contributed by atoms with Crippen LogP contribution in [0.1, 0.15) is 11.1 Å². The summed E-state index contributed by atoms with van der Waals surface area (Å²) in [6.45, 7) is 1.88. The quantitative estimate of drug-likeness (QED) is 0.419. The van der Waals surface area contributed by atoms with E-state index in [1.54, 1.807) is 30.3 Å². The number of aryl methyl sites for hydroxylation is 1. The van der Waals surface area contributed by atoms with Crippen LogP contribution >= 0.6 is 0 Å². The topological polar surface area (TPSA) is 123 Å². The molecule has 0 saturated carbocycles. The van der Waals surface area contributed by atoms with Crippen LogP contribution in [0.3, 0.4) is 0 Å². The van der Waals surface area contributed by atoms with Gasteiger partial charge in [-0.1, -0.05) is 30.3 Å². The van der Waals surface area contributed by atoms with Gasteiger partial charge in [-0.05, 0) is 36.8 Å². The van der Waals surface area contributed by atoms with Gasteiger partial charge in [-0.15, -0.1) is 0 Å². The summed E-state index contributed by atoms with van der Waals surface area (Å²) in [5.74, 6) is -0.0546. The number of benzene rings is 2. The average molecular weight is 421 g/mol. The van der Waals surface area contributed by atoms with Crippen LogP contribution in [0.5, 0.6) is 0 Å². The third kappa shape index (κ3) is 3.11. The first-order valence-electron chi connectivity index (χ1n) is 9.73. The molecule has 0 fully saturated rings. The van der Waals surface area contributed by atoms with Crippen molar-refractivity contribution in [2.24, 2.45) is 0 Å². The summed E-state index contributed by atoms with van der Waals surface area (Å²) >= 11 is 0. The minimum atomic E-state index is -0.584. The highest BCUT2D eigenvalue weighted by Crippen LogP contribution is 2.34. The van der Waals surface area contributed by atoms with Crippen LogP contribution in [0.25, 0.3) is 44.3 Å². The summed E-state index contributed by atoms with van der Waals surface area (Å²) in [5, 5.41) is 11.1. The van der Waals surface area contributed by atoms with Gasteiger partial charge in [0.1, 0.15) is 28.6 Å². The number of pyridine rings is 1. The second-order valence-corrected chi connectivity index (χ2v) is 7.39. The average Bonchev–Trinajstić information content (AvgIpc) is 2.77. The van der Waals surface area contributed by atoms with Gasteiger partial charge in [0.25, 0.3) is 0 Å². The molecule has 154 valence electrons. The van der Waals surface area contributed by atoms with E-state index in [1.807, 2.05) is 31.2 Å². The highest BCUT2D eigenvalue weighted by Gasteiger charge is 2.19. The van der Waals surface area contributed by atoms with Crippen LogP contribution < -0.4 is 17.0 Å². The van der Waals surface area contributed by atoms with Crippen LogP contribution in [0.2, 0.25) is 0 Å². The zero-order valence-corrected chi connectivity index (χ0v) is 16.9. The SMILES string of the molecule is Cc1ccc2c(-c3cc(-c4cc5ccccc5oc4=O)nc(N)c3C#N)cc(=O)oc2c1. The van der Waals surface area contributed by atoms with Gasteiger partial charge in [0.2, 0.25) is 0 Å². The Hall–Kier alpha value is -4.70. The molecule has 0 radical (unpaired) electrons. The molecular weight excluding hydrogens is 406 g/mol. The van der Waals surface area contributed by atoms with Gasteiger partial charge in [-0.3, -0.25) is 0 Å². The lowest BCUT2D eigenvalue weighted by Gasteiger charge is -2.12. The molecule has 0 bridgehead atoms. The molecule has 7 nitrogen and oxygen atoms in total. The van der Waals surface area contributed by atoms with Crippen molar-refractivity contribution in [3.8, 4) is 28.5 Å². The fourth-order valence-electron chi connectivity index (χ4n) is 3.77. The Morgan fingerprint density at radius 3 is 2.53 bits per heavy atom. The van der Waals surface area contributed by atoms with Gasteiger partial charge in [0, 0.05) is 28.0 Å². The first kappa shape index (κ1) is 19.3. The Labute approximate surface area is 181 Å². The monoisotopic (exact) mass is 421 g/mol. The summed E-state index contributed by atoms with van der Waals surface area (Å²) in [6.07, 6.45) is 0. The lowest BCUT2D eigenvalue weighted by Crippen LogP contribution is -2.07. The second-order valence-electron chi connectivity index (χ2n) is 7.39. The number of anilines is 1. The minimum absolute atomic E-state index is 0.0546. The molecule has 2 aromatic carbocycles. The fourth-order valence-corrected chi connectivity index (χ4v) is 3.77. The Morgan fingerprint density at radius 1 is 0.906 bits per heavy atom. The third-order valence-corrected chi connectivity index (χ3v) is 5.27. The molecular formula is C25H15N3O4. The van der Waals surface area contributed by atoms with E-state index in [4.69, 9.17) is 14.6 Å². The van der Waals surface area contributed by atoms with Crippen molar-refractivity contribution >= 4 is 27.8 Å². The summed E-state index contributed by atoms with van der Waals surface area (Å²) in [5.41, 5.74) is 8.10. The van der Waals surface area contributed by atoms with Gasteiger partial charge in [0.15, 0.2) is 0 Å². The van der Waals surface area contributed by atoms with Gasteiger partial charge in [0.05, 0.1) is 11.3 Å². The van der Waals surface area contributed by atoms with E-state index in [1.165, 1.54) is 6.07 Å². The molecule has 0 aliphatic rings. The third-order valence-electron chi connectivity index (χ3n) is 5.27. The Bertz CT molecular complexity index is 1710. The largest absolute Gasteiger partial charge is 0.423 e. The van der Waals surface area contributed by atoms with E-state index in [0.717, 1.165) is 10.9 Å². The Balaban J connectivity index is 1.84. The van der Waals surface area contributed by atoms with Crippen LogP contribution in [0.4, 0.5) is 5.82 Å². The van der Waals surface area contributed by atoms with Gasteiger partial charge >= 0.3 is 11.3 Å². The number of rotatable bonds is 2. The molecule has 0 saturated heterocycles. The maximum atomic E-state index is 12.7. The summed E-state index contributed by atoms with van der Waals surface area (Å²) in [6, 6.07) is 19.1. The standard InChI is InChI=1S/C25H15N3O4/c1-13-6-7-15-17(11-23(29)31-22(15)8-13)16-10-20(28-24(27)19(16)12-26)18-9-14-4-2-3-5-21(14)32-25(18)30/h2-11H,1H3,(H2,27,28). The summed E-state index contributed by atoms with van der Waals surface area (Å²) in [7, 11) is 0. The van der Waals surface area contributed by atoms with Crippen molar-refractivity contribution in [1.82, 2.24) is 4.98 Å². The molecule has 32 heavy (non-hydrogen) atoms. The van der Waals surface area contributed by atoms with Crippen molar-refractivity contribution in [2.75, 3.05) is 5.73 Å². The van der Waals surface area contributed by atoms with E-state index < -0.39 is 11.3 Å². The Morgan fingerprint density at radius 2 is 1.72 bits per heavy atom. The molecule has 3 heterocycles. The summed E-state index contributed by atoms with van der Waals surface area (Å²) < 4.78 is 10.8. The predicted molar refractivity (Wildman–Crippen MR) is 121 cm³/mol. The molecule has 7 heteroatoms. The Kier molecular flexibility index (Phi) is 4.35. The van der Waals surface area contributed by atoms with E-state index in [0.29, 0.717) is 27.7 Å². The maximum Gasteiger partial charge on any atom is 0.345 e. The number of fused-ring (bicyclic) bond motifs is 2. The first-order chi connectivity index (χ1) is 15.4. The minimum Gasteiger partial charge on any atom is -0.423 e. The zero-order valence-electron chi connectivity index (χ0n) is 16.9. The number of hydrogen-bond donors (Lipinski definition) is 1. The molecule has 0 aliphatic heterocycles. The molecule has 2 N–H and O–H groups in total. The van der Waals surface area contributed by atoms with Gasteiger partial charge < -0.3 is 14.6 Å². The van der Waals surface area contributed by atoms with Crippen molar-refractivity contribution in [2.45, 2.75) is 6.92 Å². The van der Waals surface area contributed by atoms with E-state index in [2.05, 4.69) is 11.1 Å². The molecule has 0 spiro atoms. The van der Waals surface area contributed by atoms with E-state index >= 15 is 0 Å². The number of nitrogens with two attached hydrogens (primary N) is 1. The van der Waals surface area contributed by atoms with E-state index in [9.17, 15) is 14.9 Å². The number of aromatic nitrogens is 1. The van der Waals surface area contributed by atoms with Gasteiger partial charge in [-0.2, -0.15) is 5.26 Å². The van der Waals surface area contributed by atoms with Crippen molar-refractivity contribution in [3.05, 3.63) is 92.6 Å². The van der Waals surface area contributed by atoms with Gasteiger partial charge in [-0.25, -0.2) is 14.6 Å². The number of para-hydroxylation sites is 1. The number of nitriles is 1. The highest BCUT2D eigenvalue weighted by atomic mass is 16.4. The van der Waals surface area contributed by atoms with Crippen LogP contribution in [0, 0.1) is 18.3 Å².